The Morgan fingerprint density at radius 2 is 1.95 bits per heavy atom. The van der Waals surface area contributed by atoms with Crippen molar-refractivity contribution < 1.29 is 19.5 Å². The smallest absolute Gasteiger partial charge is 0.326 e. The molecular formula is C12H22N4O4. The Balaban J connectivity index is 2.30. The van der Waals surface area contributed by atoms with Gasteiger partial charge in [0.1, 0.15) is 6.04 Å². The lowest BCUT2D eigenvalue weighted by molar-refractivity contribution is -0.139. The molecule has 1 saturated heterocycles. The first-order chi connectivity index (χ1) is 9.54. The van der Waals surface area contributed by atoms with Crippen LogP contribution >= 0.6 is 0 Å². The molecule has 0 aliphatic carbocycles. The van der Waals surface area contributed by atoms with E-state index in [1.807, 2.05) is 6.92 Å². The number of carboxylic acids is 1. The summed E-state index contributed by atoms with van der Waals surface area (Å²) in [6.45, 7) is 4.45. The van der Waals surface area contributed by atoms with E-state index in [-0.39, 0.29) is 12.5 Å². The van der Waals surface area contributed by atoms with Crippen LogP contribution in [0.2, 0.25) is 0 Å². The number of urea groups is 1. The summed E-state index contributed by atoms with van der Waals surface area (Å²) in [5.74, 6) is -1.24. The molecule has 1 aliphatic heterocycles. The molecule has 0 aromatic carbocycles. The van der Waals surface area contributed by atoms with Crippen LogP contribution in [0.25, 0.3) is 0 Å². The van der Waals surface area contributed by atoms with E-state index >= 15 is 0 Å². The van der Waals surface area contributed by atoms with Gasteiger partial charge < -0.3 is 26.0 Å². The fraction of sp³-hybridized carbons (Fsp3) is 0.750. The molecule has 0 aromatic rings. The van der Waals surface area contributed by atoms with Crippen LogP contribution in [0.3, 0.4) is 0 Å². The van der Waals surface area contributed by atoms with Crippen molar-refractivity contribution in [3.05, 3.63) is 0 Å². The van der Waals surface area contributed by atoms with Crippen molar-refractivity contribution in [2.75, 3.05) is 32.7 Å². The molecule has 8 nitrogen and oxygen atoms in total. The predicted molar refractivity (Wildman–Crippen MR) is 72.3 cm³/mol. The van der Waals surface area contributed by atoms with E-state index in [1.165, 1.54) is 0 Å². The van der Waals surface area contributed by atoms with Gasteiger partial charge in [-0.2, -0.15) is 0 Å². The Bertz CT molecular complexity index is 355. The minimum Gasteiger partial charge on any atom is -0.480 e. The van der Waals surface area contributed by atoms with Gasteiger partial charge in [-0.05, 0) is 6.42 Å². The molecule has 0 radical (unpaired) electrons. The Morgan fingerprint density at radius 1 is 1.30 bits per heavy atom. The Hall–Kier alpha value is -1.83. The van der Waals surface area contributed by atoms with Crippen molar-refractivity contribution in [3.63, 3.8) is 0 Å². The summed E-state index contributed by atoms with van der Waals surface area (Å²) in [7, 11) is 0. The average molecular weight is 286 g/mol. The highest BCUT2D eigenvalue weighted by Crippen LogP contribution is 1.97. The van der Waals surface area contributed by atoms with E-state index in [1.54, 1.807) is 4.90 Å². The number of nitrogens with zero attached hydrogens (tertiary/aromatic N) is 1. The summed E-state index contributed by atoms with van der Waals surface area (Å²) in [6, 6.07) is -1.55. The molecule has 1 aliphatic rings. The van der Waals surface area contributed by atoms with E-state index in [0.717, 1.165) is 13.1 Å². The molecule has 3 amide bonds. The van der Waals surface area contributed by atoms with Gasteiger partial charge >= 0.3 is 12.0 Å². The monoisotopic (exact) mass is 286 g/mol. The van der Waals surface area contributed by atoms with E-state index in [0.29, 0.717) is 25.9 Å². The summed E-state index contributed by atoms with van der Waals surface area (Å²) in [4.78, 5) is 35.9. The Kier molecular flexibility index (Phi) is 6.78. The minimum atomic E-state index is -1.07. The quantitative estimate of drug-likeness (QED) is 0.499. The van der Waals surface area contributed by atoms with Crippen LogP contribution in [0.15, 0.2) is 0 Å². The van der Waals surface area contributed by atoms with Crippen LogP contribution in [-0.2, 0) is 9.59 Å². The van der Waals surface area contributed by atoms with Crippen molar-refractivity contribution in [3.8, 4) is 0 Å². The van der Waals surface area contributed by atoms with Gasteiger partial charge in [0.05, 0.1) is 6.54 Å². The number of amides is 3. The van der Waals surface area contributed by atoms with Crippen molar-refractivity contribution in [2.45, 2.75) is 25.8 Å². The van der Waals surface area contributed by atoms with Crippen molar-refractivity contribution in [1.29, 1.82) is 0 Å². The lowest BCUT2D eigenvalue weighted by Gasteiger charge is -2.27. The zero-order valence-electron chi connectivity index (χ0n) is 11.6. The maximum absolute atomic E-state index is 11.8. The fourth-order valence-corrected chi connectivity index (χ4v) is 1.94. The average Bonchev–Trinajstić information content (AvgIpc) is 2.45. The first-order valence-electron chi connectivity index (χ1n) is 6.80. The van der Waals surface area contributed by atoms with E-state index < -0.39 is 18.0 Å². The fourth-order valence-electron chi connectivity index (χ4n) is 1.94. The number of hydrogen-bond acceptors (Lipinski definition) is 4. The van der Waals surface area contributed by atoms with Gasteiger partial charge in [-0.15, -0.1) is 0 Å². The molecule has 0 unspecified atom stereocenters. The van der Waals surface area contributed by atoms with Gasteiger partial charge in [-0.1, -0.05) is 13.3 Å². The molecular weight excluding hydrogens is 264 g/mol. The predicted octanol–water partition coefficient (Wildman–Crippen LogP) is -1.03. The van der Waals surface area contributed by atoms with Crippen LogP contribution in [0.4, 0.5) is 4.79 Å². The largest absolute Gasteiger partial charge is 0.480 e. The number of nitrogens with one attached hydrogen (secondary N) is 3. The summed E-state index contributed by atoms with van der Waals surface area (Å²) in [5.41, 5.74) is 0. The first-order valence-corrected chi connectivity index (χ1v) is 6.80. The van der Waals surface area contributed by atoms with Gasteiger partial charge in [0.25, 0.3) is 0 Å². The molecule has 1 fully saturated rings. The maximum Gasteiger partial charge on any atom is 0.326 e. The SMILES string of the molecule is CCC[C@@H](NC(=O)NCC(=O)N1CCNCC1)C(=O)O. The number of carboxylic acid groups (broad SMARTS) is 1. The highest BCUT2D eigenvalue weighted by atomic mass is 16.4. The summed E-state index contributed by atoms with van der Waals surface area (Å²) in [5, 5.41) is 16.8. The molecule has 1 rings (SSSR count). The molecule has 0 spiro atoms. The minimum absolute atomic E-state index is 0.121. The number of aliphatic carboxylic acids is 1. The maximum atomic E-state index is 11.8. The van der Waals surface area contributed by atoms with Gasteiger partial charge in [0.2, 0.25) is 5.91 Å². The van der Waals surface area contributed by atoms with E-state index in [9.17, 15) is 14.4 Å². The summed E-state index contributed by atoms with van der Waals surface area (Å²) in [6.07, 6.45) is 1.01. The van der Waals surface area contributed by atoms with Crippen LogP contribution < -0.4 is 16.0 Å². The molecule has 8 heteroatoms. The van der Waals surface area contributed by atoms with Crippen LogP contribution in [0.1, 0.15) is 19.8 Å². The van der Waals surface area contributed by atoms with E-state index in [4.69, 9.17) is 5.11 Å². The van der Waals surface area contributed by atoms with Crippen molar-refractivity contribution >= 4 is 17.9 Å². The zero-order chi connectivity index (χ0) is 15.0. The molecule has 4 N–H and O–H groups in total. The second-order valence-electron chi connectivity index (χ2n) is 4.64. The molecule has 0 saturated carbocycles. The molecule has 1 heterocycles. The highest BCUT2D eigenvalue weighted by Gasteiger charge is 2.20. The lowest BCUT2D eigenvalue weighted by Crippen LogP contribution is -2.52. The number of carbonyl (C=O) groups is 3. The molecule has 1 atom stereocenters. The molecule has 0 bridgehead atoms. The number of rotatable bonds is 6. The third kappa shape index (κ3) is 5.43. The lowest BCUT2D eigenvalue weighted by atomic mass is 10.2. The van der Waals surface area contributed by atoms with Crippen molar-refractivity contribution in [2.24, 2.45) is 0 Å². The van der Waals surface area contributed by atoms with Gasteiger partial charge in [-0.25, -0.2) is 9.59 Å². The second kappa shape index (κ2) is 8.36. The van der Waals surface area contributed by atoms with Gasteiger partial charge in [0, 0.05) is 26.2 Å². The third-order valence-electron chi connectivity index (χ3n) is 3.05. The van der Waals surface area contributed by atoms with Crippen LogP contribution in [-0.4, -0.2) is 66.7 Å². The standard InChI is InChI=1S/C12H22N4O4/c1-2-3-9(11(18)19)15-12(20)14-8-10(17)16-6-4-13-5-7-16/h9,13H,2-8H2,1H3,(H,18,19)(H2,14,15,20)/t9-/m1/s1. The molecule has 114 valence electrons. The number of carbonyl (C=O) groups excluding carboxylic acids is 2. The molecule has 20 heavy (non-hydrogen) atoms. The summed E-state index contributed by atoms with van der Waals surface area (Å²) >= 11 is 0. The third-order valence-corrected chi connectivity index (χ3v) is 3.05. The zero-order valence-corrected chi connectivity index (χ0v) is 11.6. The second-order valence-corrected chi connectivity index (χ2v) is 4.64. The summed E-state index contributed by atoms with van der Waals surface area (Å²) < 4.78 is 0. The Labute approximate surface area is 117 Å². The van der Waals surface area contributed by atoms with Crippen LogP contribution in [0.5, 0.6) is 0 Å². The number of piperazine rings is 1. The van der Waals surface area contributed by atoms with Crippen LogP contribution in [0, 0.1) is 0 Å². The molecule has 0 aromatic heterocycles. The van der Waals surface area contributed by atoms with Crippen molar-refractivity contribution in [1.82, 2.24) is 20.9 Å². The topological polar surface area (TPSA) is 111 Å². The normalized spacial score (nSPS) is 16.4. The highest BCUT2D eigenvalue weighted by molar-refractivity contribution is 5.86. The number of hydrogen-bond donors (Lipinski definition) is 4. The Morgan fingerprint density at radius 3 is 2.50 bits per heavy atom. The van der Waals surface area contributed by atoms with E-state index in [2.05, 4.69) is 16.0 Å². The van der Waals surface area contributed by atoms with Gasteiger partial charge in [0.15, 0.2) is 0 Å². The first kappa shape index (κ1) is 16.2. The van der Waals surface area contributed by atoms with Gasteiger partial charge in [-0.3, -0.25) is 4.79 Å².